The van der Waals surface area contributed by atoms with Crippen molar-refractivity contribution >= 4 is 27.5 Å². The standard InChI is InChI=1S/C14H10BrClF2O/c15-10-6-8(4-5-11(10)17)13(19)7-9-2-1-3-12(18)14(9)16/h1-6,13,19H,7H2. The Morgan fingerprint density at radius 1 is 1.16 bits per heavy atom. The number of benzene rings is 2. The van der Waals surface area contributed by atoms with Gasteiger partial charge in [-0.3, -0.25) is 0 Å². The van der Waals surface area contributed by atoms with Crippen LogP contribution in [0.1, 0.15) is 17.2 Å². The summed E-state index contributed by atoms with van der Waals surface area (Å²) in [6.45, 7) is 0. The fraction of sp³-hybridized carbons (Fsp3) is 0.143. The molecule has 0 heterocycles. The Morgan fingerprint density at radius 2 is 1.89 bits per heavy atom. The minimum atomic E-state index is -0.879. The van der Waals surface area contributed by atoms with Crippen molar-refractivity contribution in [2.75, 3.05) is 0 Å². The molecule has 0 radical (unpaired) electrons. The van der Waals surface area contributed by atoms with Gasteiger partial charge in [0.15, 0.2) is 0 Å². The summed E-state index contributed by atoms with van der Waals surface area (Å²) in [7, 11) is 0. The monoisotopic (exact) mass is 346 g/mol. The van der Waals surface area contributed by atoms with Gasteiger partial charge in [-0.05, 0) is 45.3 Å². The first-order valence-corrected chi connectivity index (χ1v) is 6.72. The molecular formula is C14H10BrClF2O. The van der Waals surface area contributed by atoms with Crippen LogP contribution in [0.2, 0.25) is 5.02 Å². The summed E-state index contributed by atoms with van der Waals surface area (Å²) < 4.78 is 26.7. The summed E-state index contributed by atoms with van der Waals surface area (Å²) in [5, 5.41) is 10.1. The van der Waals surface area contributed by atoms with E-state index in [9.17, 15) is 13.9 Å². The van der Waals surface area contributed by atoms with E-state index in [1.807, 2.05) is 0 Å². The van der Waals surface area contributed by atoms with Crippen molar-refractivity contribution in [1.82, 2.24) is 0 Å². The van der Waals surface area contributed by atoms with Gasteiger partial charge in [-0.1, -0.05) is 29.8 Å². The number of aliphatic hydroxyl groups excluding tert-OH is 1. The molecule has 0 aliphatic heterocycles. The lowest BCUT2D eigenvalue weighted by molar-refractivity contribution is 0.178. The second kappa shape index (κ2) is 5.99. The molecule has 0 aromatic heterocycles. The minimum Gasteiger partial charge on any atom is -0.388 e. The molecular weight excluding hydrogens is 338 g/mol. The Balaban J connectivity index is 2.23. The molecule has 0 bridgehead atoms. The van der Waals surface area contributed by atoms with Crippen LogP contribution < -0.4 is 0 Å². The third kappa shape index (κ3) is 3.32. The van der Waals surface area contributed by atoms with Crippen molar-refractivity contribution in [2.45, 2.75) is 12.5 Å². The van der Waals surface area contributed by atoms with Crippen molar-refractivity contribution in [3.05, 3.63) is 68.7 Å². The lowest BCUT2D eigenvalue weighted by atomic mass is 10.0. The van der Waals surface area contributed by atoms with E-state index in [-0.39, 0.29) is 15.9 Å². The van der Waals surface area contributed by atoms with Gasteiger partial charge in [0.1, 0.15) is 11.6 Å². The fourth-order valence-electron chi connectivity index (χ4n) is 1.75. The first-order chi connectivity index (χ1) is 8.99. The second-order valence-corrected chi connectivity index (χ2v) is 5.34. The molecule has 1 N–H and O–H groups in total. The SMILES string of the molecule is OC(Cc1cccc(F)c1Cl)c1ccc(F)c(Br)c1. The molecule has 0 amide bonds. The van der Waals surface area contributed by atoms with Crippen molar-refractivity contribution in [3.63, 3.8) is 0 Å². The molecule has 0 spiro atoms. The zero-order chi connectivity index (χ0) is 14.0. The summed E-state index contributed by atoms with van der Waals surface area (Å²) in [6, 6.07) is 8.67. The fourth-order valence-corrected chi connectivity index (χ4v) is 2.35. The predicted octanol–water partition coefficient (Wildman–Crippen LogP) is 4.66. The Kier molecular flexibility index (Phi) is 4.55. The van der Waals surface area contributed by atoms with Gasteiger partial charge in [0.25, 0.3) is 0 Å². The Morgan fingerprint density at radius 3 is 2.58 bits per heavy atom. The quantitative estimate of drug-likeness (QED) is 0.856. The van der Waals surface area contributed by atoms with E-state index < -0.39 is 17.7 Å². The lowest BCUT2D eigenvalue weighted by Crippen LogP contribution is -2.03. The Bertz CT molecular complexity index is 604. The van der Waals surface area contributed by atoms with Crippen LogP contribution in [0.3, 0.4) is 0 Å². The molecule has 1 unspecified atom stereocenters. The number of halogens is 4. The highest BCUT2D eigenvalue weighted by Crippen LogP contribution is 2.27. The summed E-state index contributed by atoms with van der Waals surface area (Å²) in [4.78, 5) is 0. The van der Waals surface area contributed by atoms with Crippen LogP contribution in [0.4, 0.5) is 8.78 Å². The van der Waals surface area contributed by atoms with Gasteiger partial charge in [-0.2, -0.15) is 0 Å². The highest BCUT2D eigenvalue weighted by atomic mass is 79.9. The van der Waals surface area contributed by atoms with Gasteiger partial charge in [0, 0.05) is 6.42 Å². The second-order valence-electron chi connectivity index (χ2n) is 4.11. The van der Waals surface area contributed by atoms with Crippen LogP contribution in [0, 0.1) is 11.6 Å². The first kappa shape index (κ1) is 14.4. The van der Waals surface area contributed by atoms with E-state index >= 15 is 0 Å². The van der Waals surface area contributed by atoms with E-state index in [1.54, 1.807) is 6.07 Å². The van der Waals surface area contributed by atoms with Crippen LogP contribution in [-0.4, -0.2) is 5.11 Å². The van der Waals surface area contributed by atoms with Gasteiger partial charge in [0.05, 0.1) is 15.6 Å². The van der Waals surface area contributed by atoms with Gasteiger partial charge in [0.2, 0.25) is 0 Å². The van der Waals surface area contributed by atoms with Crippen molar-refractivity contribution in [1.29, 1.82) is 0 Å². The average molecular weight is 348 g/mol. The third-order valence-electron chi connectivity index (χ3n) is 2.77. The third-order valence-corrected chi connectivity index (χ3v) is 3.80. The van der Waals surface area contributed by atoms with Crippen LogP contribution >= 0.6 is 27.5 Å². The summed E-state index contributed by atoms with van der Waals surface area (Å²) >= 11 is 8.88. The maximum Gasteiger partial charge on any atom is 0.142 e. The molecule has 5 heteroatoms. The Hall–Kier alpha value is -0.970. The van der Waals surface area contributed by atoms with Crippen LogP contribution in [0.15, 0.2) is 40.9 Å². The van der Waals surface area contributed by atoms with E-state index in [0.29, 0.717) is 11.1 Å². The molecule has 2 aromatic carbocycles. The molecule has 0 aliphatic rings. The maximum absolute atomic E-state index is 13.3. The van der Waals surface area contributed by atoms with Gasteiger partial charge in [-0.15, -0.1) is 0 Å². The van der Waals surface area contributed by atoms with E-state index in [4.69, 9.17) is 11.6 Å². The molecule has 1 atom stereocenters. The minimum absolute atomic E-state index is 0.00253. The maximum atomic E-state index is 13.3. The molecule has 19 heavy (non-hydrogen) atoms. The zero-order valence-corrected chi connectivity index (χ0v) is 12.0. The van der Waals surface area contributed by atoms with Crippen LogP contribution in [0.25, 0.3) is 0 Å². The van der Waals surface area contributed by atoms with Crippen LogP contribution in [-0.2, 0) is 6.42 Å². The first-order valence-electron chi connectivity index (χ1n) is 5.55. The van der Waals surface area contributed by atoms with E-state index in [1.165, 1.54) is 30.3 Å². The predicted molar refractivity (Wildman–Crippen MR) is 74.2 cm³/mol. The molecule has 0 aliphatic carbocycles. The molecule has 0 saturated carbocycles. The molecule has 100 valence electrons. The largest absolute Gasteiger partial charge is 0.388 e. The molecule has 1 nitrogen and oxygen atoms in total. The summed E-state index contributed by atoms with van der Waals surface area (Å²) in [5.74, 6) is -0.925. The van der Waals surface area contributed by atoms with E-state index in [0.717, 1.165) is 0 Å². The van der Waals surface area contributed by atoms with E-state index in [2.05, 4.69) is 15.9 Å². The van der Waals surface area contributed by atoms with Gasteiger partial charge in [-0.25, -0.2) is 8.78 Å². The summed E-state index contributed by atoms with van der Waals surface area (Å²) in [5.41, 5.74) is 1.04. The highest BCUT2D eigenvalue weighted by Gasteiger charge is 2.14. The highest BCUT2D eigenvalue weighted by molar-refractivity contribution is 9.10. The number of rotatable bonds is 3. The average Bonchev–Trinajstić information content (AvgIpc) is 2.38. The lowest BCUT2D eigenvalue weighted by Gasteiger charge is -2.13. The summed E-state index contributed by atoms with van der Waals surface area (Å²) in [6.07, 6.45) is -0.717. The normalized spacial score (nSPS) is 12.5. The topological polar surface area (TPSA) is 20.2 Å². The van der Waals surface area contributed by atoms with Gasteiger partial charge < -0.3 is 5.11 Å². The Labute approximate surface area is 123 Å². The smallest absolute Gasteiger partial charge is 0.142 e. The molecule has 2 rings (SSSR count). The van der Waals surface area contributed by atoms with Crippen molar-refractivity contribution < 1.29 is 13.9 Å². The van der Waals surface area contributed by atoms with Crippen LogP contribution in [0.5, 0.6) is 0 Å². The van der Waals surface area contributed by atoms with Crippen molar-refractivity contribution in [2.24, 2.45) is 0 Å². The zero-order valence-electron chi connectivity index (χ0n) is 9.71. The number of hydrogen-bond acceptors (Lipinski definition) is 1. The molecule has 0 fully saturated rings. The van der Waals surface area contributed by atoms with Gasteiger partial charge >= 0.3 is 0 Å². The number of aliphatic hydroxyl groups is 1. The number of hydrogen-bond donors (Lipinski definition) is 1. The van der Waals surface area contributed by atoms with Crippen molar-refractivity contribution in [3.8, 4) is 0 Å². The molecule has 2 aromatic rings. The molecule has 0 saturated heterocycles.